The highest BCUT2D eigenvalue weighted by atomic mass is 16.5. The highest BCUT2D eigenvalue weighted by molar-refractivity contribution is 6.02. The van der Waals surface area contributed by atoms with Crippen LogP contribution in [0.4, 0.5) is 10.5 Å². The van der Waals surface area contributed by atoms with Crippen LogP contribution in [0.15, 0.2) is 6.07 Å². The van der Waals surface area contributed by atoms with Gasteiger partial charge in [-0.25, -0.2) is 4.79 Å². The Balaban J connectivity index is 3.26. The molecule has 0 saturated carbocycles. The van der Waals surface area contributed by atoms with Crippen molar-refractivity contribution in [3.8, 4) is 23.0 Å². The monoisotopic (exact) mass is 298 g/mol. The van der Waals surface area contributed by atoms with Crippen LogP contribution in [0.5, 0.6) is 23.0 Å². The van der Waals surface area contributed by atoms with Gasteiger partial charge in [-0.15, -0.1) is 0 Å². The van der Waals surface area contributed by atoms with Gasteiger partial charge in [-0.05, 0) is 13.8 Å². The lowest BCUT2D eigenvalue weighted by atomic mass is 10.2. The van der Waals surface area contributed by atoms with Gasteiger partial charge < -0.3 is 30.7 Å². The summed E-state index contributed by atoms with van der Waals surface area (Å²) >= 11 is 0. The van der Waals surface area contributed by atoms with Crippen LogP contribution in [0.1, 0.15) is 13.8 Å². The Kier molecular flexibility index (Phi) is 5.47. The summed E-state index contributed by atoms with van der Waals surface area (Å²) in [6.07, 6.45) is 0. The summed E-state index contributed by atoms with van der Waals surface area (Å²) in [6.45, 7) is 3.83. The average Bonchev–Trinajstić information content (AvgIpc) is 2.39. The van der Waals surface area contributed by atoms with Crippen LogP contribution in [-0.4, -0.2) is 35.4 Å². The van der Waals surface area contributed by atoms with Crippen LogP contribution < -0.4 is 25.8 Å². The van der Waals surface area contributed by atoms with E-state index in [9.17, 15) is 15.0 Å². The zero-order valence-electron chi connectivity index (χ0n) is 11.7. The van der Waals surface area contributed by atoms with Gasteiger partial charge in [0.25, 0.3) is 0 Å². The Morgan fingerprint density at radius 1 is 1.33 bits per heavy atom. The second-order valence-electron chi connectivity index (χ2n) is 3.81. The third kappa shape index (κ3) is 4.06. The standard InChI is InChI=1S/C12H18N4O5/c1-3-20-7-5-6(17)9(18)10(21-4-2)8(7)15-12(19)16-11(13)14/h5,17-18H,3-4H2,1-2H3,(H5,13,14,15,16,19). The van der Waals surface area contributed by atoms with Gasteiger partial charge in [0.05, 0.1) is 13.2 Å². The first kappa shape index (κ1) is 16.2. The van der Waals surface area contributed by atoms with Crippen molar-refractivity contribution in [2.24, 2.45) is 5.73 Å². The Morgan fingerprint density at radius 3 is 2.48 bits per heavy atom. The summed E-state index contributed by atoms with van der Waals surface area (Å²) in [5, 5.41) is 30.8. The first-order valence-corrected chi connectivity index (χ1v) is 6.17. The molecule has 0 radical (unpaired) electrons. The molecule has 1 rings (SSSR count). The summed E-state index contributed by atoms with van der Waals surface area (Å²) in [5.41, 5.74) is 5.08. The molecule has 0 unspecified atom stereocenters. The van der Waals surface area contributed by atoms with E-state index in [4.69, 9.17) is 20.6 Å². The number of phenols is 2. The zero-order chi connectivity index (χ0) is 16.0. The SMILES string of the molecule is CCOc1cc(O)c(O)c(OCC)c1NC(=O)NC(=N)N. The summed E-state index contributed by atoms with van der Waals surface area (Å²) in [6, 6.07) is 0.333. The molecule has 21 heavy (non-hydrogen) atoms. The lowest BCUT2D eigenvalue weighted by Crippen LogP contribution is -2.38. The minimum atomic E-state index is -0.811. The van der Waals surface area contributed by atoms with E-state index in [2.05, 4.69) is 5.32 Å². The molecule has 0 aliphatic heterocycles. The molecule has 116 valence electrons. The molecule has 0 aliphatic rings. The number of nitrogens with one attached hydrogen (secondary N) is 3. The molecule has 0 atom stereocenters. The zero-order valence-corrected chi connectivity index (χ0v) is 11.7. The van der Waals surface area contributed by atoms with Crippen LogP contribution in [0, 0.1) is 5.41 Å². The van der Waals surface area contributed by atoms with Gasteiger partial charge >= 0.3 is 6.03 Å². The molecule has 9 nitrogen and oxygen atoms in total. The number of hydrogen-bond acceptors (Lipinski definition) is 6. The number of anilines is 1. The minimum Gasteiger partial charge on any atom is -0.504 e. The quantitative estimate of drug-likeness (QED) is 0.206. The molecular weight excluding hydrogens is 280 g/mol. The Labute approximate surface area is 121 Å². The number of carbonyl (C=O) groups is 1. The molecule has 0 bridgehead atoms. The second-order valence-corrected chi connectivity index (χ2v) is 3.81. The van der Waals surface area contributed by atoms with Crippen LogP contribution >= 0.6 is 0 Å². The van der Waals surface area contributed by atoms with E-state index in [0.29, 0.717) is 0 Å². The van der Waals surface area contributed by atoms with Crippen LogP contribution in [0.3, 0.4) is 0 Å². The maximum atomic E-state index is 11.6. The van der Waals surface area contributed by atoms with E-state index in [1.807, 2.05) is 5.32 Å². The first-order chi connectivity index (χ1) is 9.90. The van der Waals surface area contributed by atoms with Crippen molar-refractivity contribution in [2.45, 2.75) is 13.8 Å². The summed E-state index contributed by atoms with van der Waals surface area (Å²) < 4.78 is 10.5. The maximum absolute atomic E-state index is 11.6. The molecule has 0 aliphatic carbocycles. The number of nitrogens with two attached hydrogens (primary N) is 1. The van der Waals surface area contributed by atoms with Gasteiger partial charge in [-0.2, -0.15) is 0 Å². The molecule has 1 aromatic carbocycles. The van der Waals surface area contributed by atoms with Crippen molar-refractivity contribution in [3.05, 3.63) is 6.07 Å². The van der Waals surface area contributed by atoms with Gasteiger partial charge in [0.1, 0.15) is 5.69 Å². The number of amides is 2. The molecule has 0 heterocycles. The summed E-state index contributed by atoms with van der Waals surface area (Å²) in [5.74, 6) is -1.56. The number of benzene rings is 1. The number of urea groups is 1. The van der Waals surface area contributed by atoms with Gasteiger partial charge in [-0.1, -0.05) is 0 Å². The smallest absolute Gasteiger partial charge is 0.326 e. The summed E-state index contributed by atoms with van der Waals surface area (Å²) in [4.78, 5) is 11.6. The normalized spacial score (nSPS) is 9.81. The molecule has 7 N–H and O–H groups in total. The van der Waals surface area contributed by atoms with Crippen molar-refractivity contribution in [1.29, 1.82) is 5.41 Å². The number of rotatable bonds is 5. The number of phenolic OH excluding ortho intramolecular Hbond substituents is 2. The predicted octanol–water partition coefficient (Wildman–Crippen LogP) is 0.910. The maximum Gasteiger partial charge on any atom is 0.326 e. The van der Waals surface area contributed by atoms with Crippen molar-refractivity contribution in [2.75, 3.05) is 18.5 Å². The number of hydrogen-bond donors (Lipinski definition) is 6. The molecule has 0 spiro atoms. The number of ether oxygens (including phenoxy) is 2. The molecule has 0 aromatic heterocycles. The van der Waals surface area contributed by atoms with E-state index in [1.54, 1.807) is 13.8 Å². The fourth-order valence-corrected chi connectivity index (χ4v) is 1.55. The van der Waals surface area contributed by atoms with Crippen LogP contribution in [0.2, 0.25) is 0 Å². The number of guanidine groups is 1. The van der Waals surface area contributed by atoms with E-state index in [1.165, 1.54) is 0 Å². The van der Waals surface area contributed by atoms with Crippen molar-refractivity contribution in [3.63, 3.8) is 0 Å². The van der Waals surface area contributed by atoms with E-state index in [-0.39, 0.29) is 30.4 Å². The first-order valence-electron chi connectivity index (χ1n) is 6.17. The lowest BCUT2D eigenvalue weighted by Gasteiger charge is -2.18. The van der Waals surface area contributed by atoms with Gasteiger partial charge in [0, 0.05) is 6.07 Å². The van der Waals surface area contributed by atoms with Crippen molar-refractivity contribution >= 4 is 17.7 Å². The molecular formula is C12H18N4O5. The van der Waals surface area contributed by atoms with E-state index >= 15 is 0 Å². The fourth-order valence-electron chi connectivity index (χ4n) is 1.55. The molecule has 2 amide bonds. The Bertz CT molecular complexity index is 547. The number of carbonyl (C=O) groups excluding carboxylic acids is 1. The van der Waals surface area contributed by atoms with Crippen LogP contribution in [-0.2, 0) is 0 Å². The largest absolute Gasteiger partial charge is 0.504 e. The van der Waals surface area contributed by atoms with Crippen molar-refractivity contribution in [1.82, 2.24) is 5.32 Å². The van der Waals surface area contributed by atoms with E-state index in [0.717, 1.165) is 6.07 Å². The summed E-state index contributed by atoms with van der Waals surface area (Å²) in [7, 11) is 0. The highest BCUT2D eigenvalue weighted by Gasteiger charge is 2.22. The topological polar surface area (TPSA) is 150 Å². The van der Waals surface area contributed by atoms with Crippen LogP contribution in [0.25, 0.3) is 0 Å². The fraction of sp³-hybridized carbons (Fsp3) is 0.333. The van der Waals surface area contributed by atoms with Crippen molar-refractivity contribution < 1.29 is 24.5 Å². The second kappa shape index (κ2) is 7.08. The van der Waals surface area contributed by atoms with Gasteiger partial charge in [-0.3, -0.25) is 10.7 Å². The Morgan fingerprint density at radius 2 is 1.95 bits per heavy atom. The van der Waals surface area contributed by atoms with E-state index < -0.39 is 23.5 Å². The average molecular weight is 298 g/mol. The van der Waals surface area contributed by atoms with Gasteiger partial charge in [0.2, 0.25) is 5.75 Å². The minimum absolute atomic E-state index is 0.0211. The molecule has 0 fully saturated rings. The highest BCUT2D eigenvalue weighted by Crippen LogP contribution is 2.47. The Hall–Kier alpha value is -2.84. The molecule has 1 aromatic rings. The lowest BCUT2D eigenvalue weighted by molar-refractivity contribution is 0.255. The third-order valence-corrected chi connectivity index (χ3v) is 2.27. The predicted molar refractivity (Wildman–Crippen MR) is 76.2 cm³/mol. The number of aromatic hydroxyl groups is 2. The molecule has 9 heteroatoms. The third-order valence-electron chi connectivity index (χ3n) is 2.27. The van der Waals surface area contributed by atoms with Gasteiger partial charge in [0.15, 0.2) is 23.2 Å². The molecule has 0 saturated heterocycles.